The molecule has 4 heteroatoms. The summed E-state index contributed by atoms with van der Waals surface area (Å²) in [6.07, 6.45) is 1.91. The topological polar surface area (TPSA) is 45.5 Å². The first-order valence-corrected chi connectivity index (χ1v) is 5.35. The summed E-state index contributed by atoms with van der Waals surface area (Å²) in [5, 5.41) is 3.35. The lowest BCUT2D eigenvalue weighted by Gasteiger charge is -2.17. The Morgan fingerprint density at radius 3 is 3.13 bits per heavy atom. The van der Waals surface area contributed by atoms with Crippen LogP contribution in [0.4, 0.5) is 0 Å². The molecule has 82 valence electrons. The molecule has 1 aromatic heterocycles. The molecule has 0 aromatic carbocycles. The fraction of sp³-hybridized carbons (Fsp3) is 0.545. The van der Waals surface area contributed by atoms with E-state index >= 15 is 0 Å². The molecule has 1 aliphatic rings. The average molecular weight is 208 g/mol. The fourth-order valence-electron chi connectivity index (χ4n) is 1.82. The van der Waals surface area contributed by atoms with Gasteiger partial charge in [0.25, 0.3) is 0 Å². The Hall–Kier alpha value is -1.13. The Morgan fingerprint density at radius 1 is 1.40 bits per heavy atom. The van der Waals surface area contributed by atoms with E-state index in [1.54, 1.807) is 6.07 Å². The van der Waals surface area contributed by atoms with Crippen molar-refractivity contribution in [3.8, 4) is 0 Å². The lowest BCUT2D eigenvalue weighted by atomic mass is 10.3. The third-order valence-corrected chi connectivity index (χ3v) is 2.61. The lowest BCUT2D eigenvalue weighted by molar-refractivity contribution is 0.109. The number of hydrogen-bond acceptors (Lipinski definition) is 4. The standard InChI is InChI=1S/C11H16N2O2/c14-9-11-3-2-10(15-11)8-13-6-1-4-12-5-7-13/h2-3,9,12H,1,4-8H2. The Morgan fingerprint density at radius 2 is 2.33 bits per heavy atom. The quantitative estimate of drug-likeness (QED) is 0.749. The van der Waals surface area contributed by atoms with E-state index in [2.05, 4.69) is 10.2 Å². The highest BCUT2D eigenvalue weighted by Crippen LogP contribution is 2.09. The minimum Gasteiger partial charge on any atom is -0.457 e. The molecule has 1 fully saturated rings. The Bertz CT molecular complexity index is 314. The predicted molar refractivity (Wildman–Crippen MR) is 56.9 cm³/mol. The number of nitrogens with one attached hydrogen (secondary N) is 1. The molecule has 0 unspecified atom stereocenters. The van der Waals surface area contributed by atoms with Crippen molar-refractivity contribution in [2.24, 2.45) is 0 Å². The van der Waals surface area contributed by atoms with Gasteiger partial charge in [-0.2, -0.15) is 0 Å². The highest BCUT2D eigenvalue weighted by Gasteiger charge is 2.10. The molecular formula is C11H16N2O2. The van der Waals surface area contributed by atoms with Crippen molar-refractivity contribution < 1.29 is 9.21 Å². The third-order valence-electron chi connectivity index (χ3n) is 2.61. The average Bonchev–Trinajstić information content (AvgIpc) is 2.54. The SMILES string of the molecule is O=Cc1ccc(CN2CCCNCC2)o1. The fourth-order valence-corrected chi connectivity index (χ4v) is 1.82. The largest absolute Gasteiger partial charge is 0.457 e. The van der Waals surface area contributed by atoms with Crippen molar-refractivity contribution in [3.63, 3.8) is 0 Å². The van der Waals surface area contributed by atoms with Gasteiger partial charge in [0.15, 0.2) is 12.0 Å². The number of furan rings is 1. The van der Waals surface area contributed by atoms with Crippen molar-refractivity contribution in [2.45, 2.75) is 13.0 Å². The van der Waals surface area contributed by atoms with Crippen molar-refractivity contribution in [3.05, 3.63) is 23.7 Å². The highest BCUT2D eigenvalue weighted by atomic mass is 16.3. The van der Waals surface area contributed by atoms with Crippen LogP contribution in [0, 0.1) is 0 Å². The number of rotatable bonds is 3. The molecule has 1 aromatic rings. The maximum atomic E-state index is 10.4. The van der Waals surface area contributed by atoms with E-state index in [-0.39, 0.29) is 0 Å². The highest BCUT2D eigenvalue weighted by molar-refractivity contribution is 5.70. The normalized spacial score (nSPS) is 18.7. The summed E-state index contributed by atoms with van der Waals surface area (Å²) < 4.78 is 5.35. The molecule has 0 radical (unpaired) electrons. The van der Waals surface area contributed by atoms with Gasteiger partial charge in [-0.25, -0.2) is 0 Å². The van der Waals surface area contributed by atoms with Gasteiger partial charge >= 0.3 is 0 Å². The molecule has 2 heterocycles. The summed E-state index contributed by atoms with van der Waals surface area (Å²) in [5.74, 6) is 1.29. The second-order valence-electron chi connectivity index (χ2n) is 3.80. The molecular weight excluding hydrogens is 192 g/mol. The maximum Gasteiger partial charge on any atom is 0.185 e. The van der Waals surface area contributed by atoms with Crippen molar-refractivity contribution in [1.29, 1.82) is 0 Å². The van der Waals surface area contributed by atoms with E-state index < -0.39 is 0 Å². The molecule has 0 aliphatic carbocycles. The summed E-state index contributed by atoms with van der Waals surface area (Å²) in [6.45, 7) is 5.05. The van der Waals surface area contributed by atoms with E-state index in [0.717, 1.165) is 44.8 Å². The number of aldehydes is 1. The number of carbonyl (C=O) groups excluding carboxylic acids is 1. The van der Waals surface area contributed by atoms with Gasteiger partial charge in [-0.3, -0.25) is 9.69 Å². The summed E-state index contributed by atoms with van der Waals surface area (Å²) >= 11 is 0. The van der Waals surface area contributed by atoms with E-state index in [1.165, 1.54) is 6.42 Å². The van der Waals surface area contributed by atoms with Crippen LogP contribution < -0.4 is 5.32 Å². The number of hydrogen-bond donors (Lipinski definition) is 1. The first kappa shape index (κ1) is 10.4. The summed E-state index contributed by atoms with van der Waals surface area (Å²) in [5.41, 5.74) is 0. The van der Waals surface area contributed by atoms with Gasteiger partial charge in [-0.15, -0.1) is 0 Å². The van der Waals surface area contributed by atoms with Crippen LogP contribution in [0.25, 0.3) is 0 Å². The first-order valence-electron chi connectivity index (χ1n) is 5.35. The Kier molecular flexibility index (Phi) is 3.53. The van der Waals surface area contributed by atoms with E-state index in [1.807, 2.05) is 6.07 Å². The van der Waals surface area contributed by atoms with E-state index in [9.17, 15) is 4.79 Å². The van der Waals surface area contributed by atoms with Crippen molar-refractivity contribution in [1.82, 2.24) is 10.2 Å². The van der Waals surface area contributed by atoms with Gasteiger partial charge in [-0.05, 0) is 31.6 Å². The molecule has 0 spiro atoms. The second-order valence-corrected chi connectivity index (χ2v) is 3.80. The summed E-state index contributed by atoms with van der Waals surface area (Å²) in [6, 6.07) is 3.60. The molecule has 1 aliphatic heterocycles. The zero-order valence-corrected chi connectivity index (χ0v) is 8.74. The van der Waals surface area contributed by atoms with E-state index in [0.29, 0.717) is 5.76 Å². The van der Waals surface area contributed by atoms with Crippen LogP contribution in [0.3, 0.4) is 0 Å². The molecule has 1 saturated heterocycles. The monoisotopic (exact) mass is 208 g/mol. The minimum atomic E-state index is 0.415. The number of nitrogens with zero attached hydrogens (tertiary/aromatic N) is 1. The third kappa shape index (κ3) is 2.91. The van der Waals surface area contributed by atoms with Gasteiger partial charge in [0.1, 0.15) is 5.76 Å². The van der Waals surface area contributed by atoms with Crippen LogP contribution >= 0.6 is 0 Å². The van der Waals surface area contributed by atoms with Crippen LogP contribution in [0.5, 0.6) is 0 Å². The summed E-state index contributed by atoms with van der Waals surface area (Å²) in [4.78, 5) is 12.8. The van der Waals surface area contributed by atoms with Crippen LogP contribution in [0.1, 0.15) is 22.7 Å². The summed E-state index contributed by atoms with van der Waals surface area (Å²) in [7, 11) is 0. The molecule has 0 atom stereocenters. The number of carbonyl (C=O) groups is 1. The predicted octanol–water partition coefficient (Wildman–Crippen LogP) is 0.887. The van der Waals surface area contributed by atoms with Gasteiger partial charge in [-0.1, -0.05) is 0 Å². The van der Waals surface area contributed by atoms with Gasteiger partial charge in [0.2, 0.25) is 0 Å². The molecule has 0 saturated carbocycles. The molecule has 2 rings (SSSR count). The van der Waals surface area contributed by atoms with Crippen molar-refractivity contribution in [2.75, 3.05) is 26.2 Å². The van der Waals surface area contributed by atoms with Gasteiger partial charge < -0.3 is 9.73 Å². The van der Waals surface area contributed by atoms with Gasteiger partial charge in [0, 0.05) is 13.1 Å². The molecule has 4 nitrogen and oxygen atoms in total. The zero-order valence-electron chi connectivity index (χ0n) is 8.74. The molecule has 15 heavy (non-hydrogen) atoms. The Balaban J connectivity index is 1.91. The smallest absolute Gasteiger partial charge is 0.185 e. The lowest BCUT2D eigenvalue weighted by Crippen LogP contribution is -2.27. The van der Waals surface area contributed by atoms with Crippen LogP contribution in [-0.4, -0.2) is 37.4 Å². The maximum absolute atomic E-state index is 10.4. The molecule has 1 N–H and O–H groups in total. The second kappa shape index (κ2) is 5.09. The van der Waals surface area contributed by atoms with Crippen LogP contribution in [0.15, 0.2) is 16.5 Å². The molecule has 0 amide bonds. The minimum absolute atomic E-state index is 0.415. The molecule has 0 bridgehead atoms. The van der Waals surface area contributed by atoms with Crippen LogP contribution in [-0.2, 0) is 6.54 Å². The van der Waals surface area contributed by atoms with E-state index in [4.69, 9.17) is 4.42 Å². The van der Waals surface area contributed by atoms with Crippen molar-refractivity contribution >= 4 is 6.29 Å². The zero-order chi connectivity index (χ0) is 10.5. The Labute approximate surface area is 89.2 Å². The van der Waals surface area contributed by atoms with Crippen LogP contribution in [0.2, 0.25) is 0 Å². The first-order chi connectivity index (χ1) is 7.38. The van der Waals surface area contributed by atoms with Gasteiger partial charge in [0.05, 0.1) is 6.54 Å².